The van der Waals surface area contributed by atoms with Gasteiger partial charge in [-0.25, -0.2) is 9.50 Å². The van der Waals surface area contributed by atoms with Gasteiger partial charge in [0, 0.05) is 30.4 Å². The Hall–Kier alpha value is -3.15. The topological polar surface area (TPSA) is 72.4 Å². The summed E-state index contributed by atoms with van der Waals surface area (Å²) in [7, 11) is 0. The van der Waals surface area contributed by atoms with Crippen molar-refractivity contribution in [2.75, 3.05) is 6.54 Å². The van der Waals surface area contributed by atoms with Crippen LogP contribution >= 0.6 is 0 Å². The van der Waals surface area contributed by atoms with Gasteiger partial charge in [0.2, 0.25) is 0 Å². The van der Waals surface area contributed by atoms with Crippen molar-refractivity contribution in [2.24, 2.45) is 0 Å². The predicted molar refractivity (Wildman–Crippen MR) is 94.6 cm³/mol. The highest BCUT2D eigenvalue weighted by molar-refractivity contribution is 5.96. The van der Waals surface area contributed by atoms with E-state index in [-0.39, 0.29) is 5.91 Å². The van der Waals surface area contributed by atoms with Gasteiger partial charge < -0.3 is 9.73 Å². The van der Waals surface area contributed by atoms with E-state index in [4.69, 9.17) is 4.42 Å². The van der Waals surface area contributed by atoms with Crippen LogP contribution < -0.4 is 5.32 Å². The second-order valence-electron chi connectivity index (χ2n) is 6.06. The summed E-state index contributed by atoms with van der Waals surface area (Å²) in [6.45, 7) is 2.52. The van der Waals surface area contributed by atoms with Crippen LogP contribution in [0.4, 0.5) is 0 Å². The fourth-order valence-corrected chi connectivity index (χ4v) is 2.84. The third kappa shape index (κ3) is 3.24. The number of fused-ring (bicyclic) bond motifs is 2. The van der Waals surface area contributed by atoms with E-state index in [2.05, 4.69) is 15.4 Å². The Balaban J connectivity index is 1.32. The molecule has 0 radical (unpaired) electrons. The Morgan fingerprint density at radius 2 is 2.16 bits per heavy atom. The van der Waals surface area contributed by atoms with Gasteiger partial charge in [-0.2, -0.15) is 5.10 Å². The summed E-state index contributed by atoms with van der Waals surface area (Å²) in [5.74, 6) is 0.156. The zero-order valence-corrected chi connectivity index (χ0v) is 13.9. The van der Waals surface area contributed by atoms with Gasteiger partial charge in [0.1, 0.15) is 5.58 Å². The molecule has 3 aromatic heterocycles. The molecule has 3 heterocycles. The number of para-hydroxylation sites is 1. The van der Waals surface area contributed by atoms with Crippen LogP contribution in [0.1, 0.15) is 28.2 Å². The fourth-order valence-electron chi connectivity index (χ4n) is 2.84. The van der Waals surface area contributed by atoms with E-state index in [9.17, 15) is 4.79 Å². The maximum atomic E-state index is 12.2. The van der Waals surface area contributed by atoms with E-state index >= 15 is 0 Å². The van der Waals surface area contributed by atoms with Crippen LogP contribution in [0, 0.1) is 6.92 Å². The summed E-state index contributed by atoms with van der Waals surface area (Å²) in [6.07, 6.45) is 5.48. The van der Waals surface area contributed by atoms with Gasteiger partial charge in [-0.1, -0.05) is 18.2 Å². The summed E-state index contributed by atoms with van der Waals surface area (Å²) in [6, 6.07) is 11.3. The van der Waals surface area contributed by atoms with Crippen molar-refractivity contribution in [3.05, 3.63) is 65.8 Å². The Labute approximate surface area is 144 Å². The number of carbonyl (C=O) groups excluding carboxylic acids is 1. The minimum Gasteiger partial charge on any atom is -0.451 e. The lowest BCUT2D eigenvalue weighted by atomic mass is 10.2. The van der Waals surface area contributed by atoms with Crippen LogP contribution in [0.25, 0.3) is 16.6 Å². The van der Waals surface area contributed by atoms with Crippen LogP contribution in [0.3, 0.4) is 0 Å². The number of aryl methyl sites for hydroxylation is 2. The average molecular weight is 334 g/mol. The standard InChI is InChI=1S/C19H18N4O2/c1-13-9-18-21-11-14(12-23(18)22-13)5-4-8-20-19(24)17-10-15-6-2-3-7-16(15)25-17/h2-3,6-7,9-12H,4-5,8H2,1H3,(H,20,24). The molecule has 0 saturated heterocycles. The Morgan fingerprint density at radius 1 is 1.28 bits per heavy atom. The molecule has 1 aromatic carbocycles. The van der Waals surface area contributed by atoms with Gasteiger partial charge in [-0.3, -0.25) is 4.79 Å². The molecular formula is C19H18N4O2. The van der Waals surface area contributed by atoms with Crippen molar-refractivity contribution >= 4 is 22.5 Å². The molecule has 126 valence electrons. The quantitative estimate of drug-likeness (QED) is 0.569. The van der Waals surface area contributed by atoms with Crippen molar-refractivity contribution in [1.82, 2.24) is 19.9 Å². The second-order valence-corrected chi connectivity index (χ2v) is 6.06. The Bertz CT molecular complexity index is 1010. The third-order valence-electron chi connectivity index (χ3n) is 4.07. The van der Waals surface area contributed by atoms with Crippen molar-refractivity contribution < 1.29 is 9.21 Å². The molecule has 6 nitrogen and oxygen atoms in total. The van der Waals surface area contributed by atoms with Crippen molar-refractivity contribution in [1.29, 1.82) is 0 Å². The first-order chi connectivity index (χ1) is 12.2. The molecule has 0 aliphatic heterocycles. The first-order valence-electron chi connectivity index (χ1n) is 8.27. The summed E-state index contributed by atoms with van der Waals surface area (Å²) in [4.78, 5) is 16.6. The number of carbonyl (C=O) groups is 1. The van der Waals surface area contributed by atoms with Crippen molar-refractivity contribution in [3.63, 3.8) is 0 Å². The van der Waals surface area contributed by atoms with Gasteiger partial charge in [-0.05, 0) is 37.5 Å². The third-order valence-corrected chi connectivity index (χ3v) is 4.07. The summed E-state index contributed by atoms with van der Waals surface area (Å²) in [5.41, 5.74) is 3.61. The van der Waals surface area contributed by atoms with Gasteiger partial charge in [-0.15, -0.1) is 0 Å². The molecule has 0 unspecified atom stereocenters. The second kappa shape index (κ2) is 6.39. The van der Waals surface area contributed by atoms with Crippen molar-refractivity contribution in [3.8, 4) is 0 Å². The van der Waals surface area contributed by atoms with E-state index in [1.807, 2.05) is 49.6 Å². The van der Waals surface area contributed by atoms with Crippen LogP contribution in [-0.2, 0) is 6.42 Å². The molecule has 0 atom stereocenters. The number of furan rings is 1. The monoisotopic (exact) mass is 334 g/mol. The first kappa shape index (κ1) is 15.4. The number of nitrogens with zero attached hydrogens (tertiary/aromatic N) is 3. The minimum absolute atomic E-state index is 0.188. The summed E-state index contributed by atoms with van der Waals surface area (Å²) >= 11 is 0. The molecule has 25 heavy (non-hydrogen) atoms. The average Bonchev–Trinajstić information content (AvgIpc) is 3.20. The number of hydrogen-bond donors (Lipinski definition) is 1. The molecule has 0 spiro atoms. The van der Waals surface area contributed by atoms with Crippen LogP contribution in [0.15, 0.2) is 53.2 Å². The Kier molecular flexibility index (Phi) is 3.93. The molecule has 0 bridgehead atoms. The molecule has 0 fully saturated rings. The highest BCUT2D eigenvalue weighted by Gasteiger charge is 2.11. The lowest BCUT2D eigenvalue weighted by Gasteiger charge is -2.04. The molecule has 0 aliphatic carbocycles. The van der Waals surface area contributed by atoms with Crippen molar-refractivity contribution in [2.45, 2.75) is 19.8 Å². The normalized spacial score (nSPS) is 11.2. The van der Waals surface area contributed by atoms with Crippen LogP contribution in [-0.4, -0.2) is 27.0 Å². The fraction of sp³-hybridized carbons (Fsp3) is 0.211. The summed E-state index contributed by atoms with van der Waals surface area (Å²) in [5, 5.41) is 8.19. The molecule has 1 amide bonds. The first-order valence-corrected chi connectivity index (χ1v) is 8.27. The lowest BCUT2D eigenvalue weighted by molar-refractivity contribution is 0.0927. The minimum atomic E-state index is -0.188. The molecule has 6 heteroatoms. The van der Waals surface area contributed by atoms with E-state index in [0.717, 1.165) is 40.7 Å². The van der Waals surface area contributed by atoms with Gasteiger partial charge >= 0.3 is 0 Å². The number of hydrogen-bond acceptors (Lipinski definition) is 4. The van der Waals surface area contributed by atoms with Crippen LogP contribution in [0.5, 0.6) is 0 Å². The maximum absolute atomic E-state index is 12.2. The van der Waals surface area contributed by atoms with Gasteiger partial charge in [0.05, 0.1) is 5.69 Å². The van der Waals surface area contributed by atoms with E-state index < -0.39 is 0 Å². The van der Waals surface area contributed by atoms with Gasteiger partial charge in [0.15, 0.2) is 11.4 Å². The largest absolute Gasteiger partial charge is 0.451 e. The number of amides is 1. The highest BCUT2D eigenvalue weighted by atomic mass is 16.3. The molecule has 0 aliphatic rings. The van der Waals surface area contributed by atoms with Crippen LogP contribution in [0.2, 0.25) is 0 Å². The van der Waals surface area contributed by atoms with E-state index in [1.165, 1.54) is 0 Å². The number of rotatable bonds is 5. The number of aromatic nitrogens is 3. The Morgan fingerprint density at radius 3 is 3.04 bits per heavy atom. The number of nitrogens with one attached hydrogen (secondary N) is 1. The molecule has 1 N–H and O–H groups in total. The zero-order chi connectivity index (χ0) is 17.2. The van der Waals surface area contributed by atoms with Gasteiger partial charge in [0.25, 0.3) is 5.91 Å². The smallest absolute Gasteiger partial charge is 0.287 e. The van der Waals surface area contributed by atoms with E-state index in [0.29, 0.717) is 12.3 Å². The molecule has 4 aromatic rings. The maximum Gasteiger partial charge on any atom is 0.287 e. The molecule has 4 rings (SSSR count). The summed E-state index contributed by atoms with van der Waals surface area (Å²) < 4.78 is 7.35. The van der Waals surface area contributed by atoms with E-state index in [1.54, 1.807) is 10.6 Å². The zero-order valence-electron chi connectivity index (χ0n) is 13.9. The SMILES string of the molecule is Cc1cc2ncc(CCCNC(=O)c3cc4ccccc4o3)cn2n1. The molecular weight excluding hydrogens is 316 g/mol. The molecule has 0 saturated carbocycles. The lowest BCUT2D eigenvalue weighted by Crippen LogP contribution is -2.24. The number of benzene rings is 1. The highest BCUT2D eigenvalue weighted by Crippen LogP contribution is 2.18. The predicted octanol–water partition coefficient (Wildman–Crippen LogP) is 3.15.